The molecule has 112 valence electrons. The lowest BCUT2D eigenvalue weighted by Crippen LogP contribution is -2.46. The summed E-state index contributed by atoms with van der Waals surface area (Å²) >= 11 is 0. The predicted octanol–water partition coefficient (Wildman–Crippen LogP) is 3.17. The number of nitrogens with zero attached hydrogens (tertiary/aromatic N) is 1. The Bertz CT molecular complexity index is 266. The van der Waals surface area contributed by atoms with Crippen LogP contribution >= 0.6 is 0 Å². The van der Waals surface area contributed by atoms with Crippen molar-refractivity contribution in [3.05, 3.63) is 0 Å². The minimum atomic E-state index is -0.396. The minimum Gasteiger partial charge on any atom is -0.444 e. The third-order valence-electron chi connectivity index (χ3n) is 3.36. The number of carbonyl (C=O) groups is 1. The molecule has 1 rings (SSSR count). The fourth-order valence-corrected chi connectivity index (χ4v) is 2.27. The fraction of sp³-hybridized carbons (Fsp3) is 0.933. The molecule has 19 heavy (non-hydrogen) atoms. The van der Waals surface area contributed by atoms with Gasteiger partial charge in [-0.05, 0) is 46.6 Å². The van der Waals surface area contributed by atoms with Gasteiger partial charge in [-0.15, -0.1) is 0 Å². The molecule has 0 spiro atoms. The van der Waals surface area contributed by atoms with Crippen LogP contribution < -0.4 is 5.32 Å². The number of piperidine rings is 1. The Kier molecular flexibility index (Phi) is 6.63. The summed E-state index contributed by atoms with van der Waals surface area (Å²) in [5, 5.41) is 3.59. The van der Waals surface area contributed by atoms with Crippen LogP contribution in [0.25, 0.3) is 0 Å². The maximum atomic E-state index is 11.9. The number of nitrogens with one attached hydrogen (secondary N) is 1. The summed E-state index contributed by atoms with van der Waals surface area (Å²) in [5.41, 5.74) is -0.396. The number of ether oxygens (including phenoxy) is 1. The van der Waals surface area contributed by atoms with Crippen molar-refractivity contribution >= 4 is 6.09 Å². The van der Waals surface area contributed by atoms with E-state index < -0.39 is 5.60 Å². The van der Waals surface area contributed by atoms with Crippen LogP contribution in [0.4, 0.5) is 4.79 Å². The summed E-state index contributed by atoms with van der Waals surface area (Å²) in [6.45, 7) is 10.7. The van der Waals surface area contributed by atoms with Gasteiger partial charge in [0.25, 0.3) is 0 Å². The highest BCUT2D eigenvalue weighted by Crippen LogP contribution is 2.15. The van der Waals surface area contributed by atoms with Crippen molar-refractivity contribution in [3.8, 4) is 0 Å². The van der Waals surface area contributed by atoms with Crippen LogP contribution in [-0.4, -0.2) is 42.3 Å². The smallest absolute Gasteiger partial charge is 0.410 e. The van der Waals surface area contributed by atoms with Crippen molar-refractivity contribution < 1.29 is 9.53 Å². The normalized spacial score (nSPS) is 17.6. The van der Waals surface area contributed by atoms with Crippen LogP contribution in [0.3, 0.4) is 0 Å². The predicted molar refractivity (Wildman–Crippen MR) is 78.4 cm³/mol. The zero-order valence-corrected chi connectivity index (χ0v) is 13.0. The first-order chi connectivity index (χ1) is 8.92. The number of unbranched alkanes of at least 4 members (excludes halogenated alkanes) is 2. The van der Waals surface area contributed by atoms with Crippen molar-refractivity contribution in [2.45, 2.75) is 71.4 Å². The molecule has 1 aliphatic heterocycles. The van der Waals surface area contributed by atoms with Gasteiger partial charge in [-0.2, -0.15) is 0 Å². The Hall–Kier alpha value is -0.770. The summed E-state index contributed by atoms with van der Waals surface area (Å²) in [7, 11) is 0. The number of hydrogen-bond donors (Lipinski definition) is 1. The summed E-state index contributed by atoms with van der Waals surface area (Å²) in [6, 6.07) is 0.565. The molecule has 1 fully saturated rings. The van der Waals surface area contributed by atoms with Gasteiger partial charge in [0.15, 0.2) is 0 Å². The average molecular weight is 270 g/mol. The van der Waals surface area contributed by atoms with Crippen molar-refractivity contribution in [2.75, 3.05) is 19.6 Å². The van der Waals surface area contributed by atoms with Gasteiger partial charge >= 0.3 is 6.09 Å². The number of hydrogen-bond acceptors (Lipinski definition) is 3. The highest BCUT2D eigenvalue weighted by molar-refractivity contribution is 5.68. The van der Waals surface area contributed by atoms with E-state index in [2.05, 4.69) is 12.2 Å². The third kappa shape index (κ3) is 6.81. The summed E-state index contributed by atoms with van der Waals surface area (Å²) in [4.78, 5) is 13.7. The molecule has 4 heteroatoms. The molecule has 0 aromatic rings. The topological polar surface area (TPSA) is 41.6 Å². The molecule has 1 saturated heterocycles. The Labute approximate surface area is 117 Å². The standard InChI is InChI=1S/C15H30N2O2/c1-5-6-7-10-16-13-8-11-17(12-9-13)14(18)19-15(2,3)4/h13,16H,5-12H2,1-4H3. The van der Waals surface area contributed by atoms with Crippen LogP contribution in [-0.2, 0) is 4.74 Å². The number of likely N-dealkylation sites (tertiary alicyclic amines) is 1. The summed E-state index contributed by atoms with van der Waals surface area (Å²) < 4.78 is 5.39. The molecule has 1 amide bonds. The van der Waals surface area contributed by atoms with Gasteiger partial charge in [0.05, 0.1) is 0 Å². The number of amides is 1. The van der Waals surface area contributed by atoms with Gasteiger partial charge in [-0.3, -0.25) is 0 Å². The monoisotopic (exact) mass is 270 g/mol. The molecule has 0 aliphatic carbocycles. The maximum Gasteiger partial charge on any atom is 0.410 e. The average Bonchev–Trinajstić information content (AvgIpc) is 2.33. The molecule has 1 N–H and O–H groups in total. The second kappa shape index (κ2) is 7.73. The first-order valence-corrected chi connectivity index (χ1v) is 7.63. The van der Waals surface area contributed by atoms with Gasteiger partial charge in [-0.25, -0.2) is 4.79 Å². The van der Waals surface area contributed by atoms with Gasteiger partial charge < -0.3 is 15.0 Å². The fourth-order valence-electron chi connectivity index (χ4n) is 2.27. The van der Waals surface area contributed by atoms with E-state index in [1.807, 2.05) is 25.7 Å². The van der Waals surface area contributed by atoms with E-state index in [9.17, 15) is 4.79 Å². The van der Waals surface area contributed by atoms with Crippen molar-refractivity contribution in [3.63, 3.8) is 0 Å². The zero-order chi connectivity index (χ0) is 14.3. The second-order valence-corrected chi connectivity index (χ2v) is 6.40. The highest BCUT2D eigenvalue weighted by Gasteiger charge is 2.26. The molecule has 0 bridgehead atoms. The summed E-state index contributed by atoms with van der Waals surface area (Å²) in [5.74, 6) is 0. The molecule has 0 atom stereocenters. The van der Waals surface area contributed by atoms with Crippen molar-refractivity contribution in [1.82, 2.24) is 10.2 Å². The minimum absolute atomic E-state index is 0.170. The Morgan fingerprint density at radius 3 is 2.42 bits per heavy atom. The van der Waals surface area contributed by atoms with Crippen LogP contribution in [0, 0.1) is 0 Å². The maximum absolute atomic E-state index is 11.9. The van der Waals surface area contributed by atoms with E-state index in [-0.39, 0.29) is 6.09 Å². The Morgan fingerprint density at radius 2 is 1.89 bits per heavy atom. The first kappa shape index (κ1) is 16.3. The van der Waals surface area contributed by atoms with Gasteiger partial charge in [0, 0.05) is 19.1 Å². The van der Waals surface area contributed by atoms with Gasteiger partial charge in [0.1, 0.15) is 5.60 Å². The molecular weight excluding hydrogens is 240 g/mol. The number of rotatable bonds is 5. The van der Waals surface area contributed by atoms with E-state index >= 15 is 0 Å². The lowest BCUT2D eigenvalue weighted by Gasteiger charge is -2.33. The lowest BCUT2D eigenvalue weighted by atomic mass is 10.1. The first-order valence-electron chi connectivity index (χ1n) is 7.63. The van der Waals surface area contributed by atoms with E-state index in [0.29, 0.717) is 6.04 Å². The van der Waals surface area contributed by atoms with Gasteiger partial charge in [-0.1, -0.05) is 19.8 Å². The Morgan fingerprint density at radius 1 is 1.26 bits per heavy atom. The molecule has 1 heterocycles. The van der Waals surface area contributed by atoms with E-state index in [4.69, 9.17) is 4.74 Å². The quantitative estimate of drug-likeness (QED) is 0.780. The largest absolute Gasteiger partial charge is 0.444 e. The third-order valence-corrected chi connectivity index (χ3v) is 3.36. The molecule has 0 saturated carbocycles. The molecule has 0 aromatic carbocycles. The zero-order valence-electron chi connectivity index (χ0n) is 13.0. The summed E-state index contributed by atoms with van der Waals surface area (Å²) in [6.07, 6.45) is 5.71. The van der Waals surface area contributed by atoms with Crippen molar-refractivity contribution in [1.29, 1.82) is 0 Å². The molecule has 1 aliphatic rings. The van der Waals surface area contributed by atoms with Gasteiger partial charge in [0.2, 0.25) is 0 Å². The molecule has 0 unspecified atom stereocenters. The van der Waals surface area contributed by atoms with E-state index in [0.717, 1.165) is 32.5 Å². The van der Waals surface area contributed by atoms with Crippen LogP contribution in [0.2, 0.25) is 0 Å². The molecule has 0 radical (unpaired) electrons. The van der Waals surface area contributed by atoms with Crippen LogP contribution in [0.5, 0.6) is 0 Å². The highest BCUT2D eigenvalue weighted by atomic mass is 16.6. The van der Waals surface area contributed by atoms with Crippen LogP contribution in [0.15, 0.2) is 0 Å². The molecule has 4 nitrogen and oxygen atoms in total. The van der Waals surface area contributed by atoms with Crippen LogP contribution in [0.1, 0.15) is 59.8 Å². The lowest BCUT2D eigenvalue weighted by molar-refractivity contribution is 0.0198. The SMILES string of the molecule is CCCCCNC1CCN(C(=O)OC(C)(C)C)CC1. The van der Waals surface area contributed by atoms with E-state index in [1.54, 1.807) is 0 Å². The van der Waals surface area contributed by atoms with Crippen molar-refractivity contribution in [2.24, 2.45) is 0 Å². The Balaban J connectivity index is 2.19. The number of carbonyl (C=O) groups excluding carboxylic acids is 1. The molecular formula is C15H30N2O2. The van der Waals surface area contributed by atoms with E-state index in [1.165, 1.54) is 19.3 Å². The second-order valence-electron chi connectivity index (χ2n) is 6.40. The molecule has 0 aromatic heterocycles.